The fourth-order valence-electron chi connectivity index (χ4n) is 2.85. The van der Waals surface area contributed by atoms with Gasteiger partial charge in [-0.25, -0.2) is 0 Å². The highest BCUT2D eigenvalue weighted by atomic mass is 15.2. The monoisotopic (exact) mass is 281 g/mol. The van der Waals surface area contributed by atoms with E-state index < -0.39 is 0 Å². The summed E-state index contributed by atoms with van der Waals surface area (Å²) in [6.45, 7) is 6.31. The molecule has 0 spiro atoms. The SMILES string of the molecule is Cc1ccc(CNC2CCN(Cc3ccccc3)C2)cn1. The van der Waals surface area contributed by atoms with Gasteiger partial charge in [0.25, 0.3) is 0 Å². The van der Waals surface area contributed by atoms with Gasteiger partial charge in [0.1, 0.15) is 0 Å². The maximum atomic E-state index is 4.34. The van der Waals surface area contributed by atoms with Gasteiger partial charge in [-0.05, 0) is 30.5 Å². The van der Waals surface area contributed by atoms with Crippen LogP contribution in [-0.4, -0.2) is 29.0 Å². The maximum Gasteiger partial charge on any atom is 0.0372 e. The molecular formula is C18H23N3. The first-order valence-electron chi connectivity index (χ1n) is 7.71. The van der Waals surface area contributed by atoms with Crippen molar-refractivity contribution in [3.05, 3.63) is 65.5 Å². The molecule has 1 aromatic carbocycles. The Morgan fingerprint density at radius 1 is 1.14 bits per heavy atom. The second-order valence-electron chi connectivity index (χ2n) is 5.90. The fraction of sp³-hybridized carbons (Fsp3) is 0.389. The maximum absolute atomic E-state index is 4.34. The summed E-state index contributed by atoms with van der Waals surface area (Å²) in [7, 11) is 0. The van der Waals surface area contributed by atoms with Gasteiger partial charge < -0.3 is 5.32 Å². The Hall–Kier alpha value is -1.71. The van der Waals surface area contributed by atoms with Crippen LogP contribution < -0.4 is 5.32 Å². The average Bonchev–Trinajstić information content (AvgIpc) is 2.95. The van der Waals surface area contributed by atoms with Gasteiger partial charge in [0.05, 0.1) is 0 Å². The highest BCUT2D eigenvalue weighted by Crippen LogP contribution is 2.14. The first kappa shape index (κ1) is 14.2. The van der Waals surface area contributed by atoms with Crippen LogP contribution in [0.25, 0.3) is 0 Å². The Labute approximate surface area is 127 Å². The van der Waals surface area contributed by atoms with Gasteiger partial charge in [0.2, 0.25) is 0 Å². The molecular weight excluding hydrogens is 258 g/mol. The van der Waals surface area contributed by atoms with E-state index in [0.717, 1.165) is 25.3 Å². The van der Waals surface area contributed by atoms with Gasteiger partial charge in [0.15, 0.2) is 0 Å². The Bertz CT molecular complexity index is 550. The van der Waals surface area contributed by atoms with Crippen molar-refractivity contribution in [2.75, 3.05) is 13.1 Å². The first-order valence-corrected chi connectivity index (χ1v) is 7.71. The Kier molecular flexibility index (Phi) is 4.63. The molecule has 1 aromatic heterocycles. The van der Waals surface area contributed by atoms with Gasteiger partial charge in [-0.15, -0.1) is 0 Å². The molecule has 1 atom stereocenters. The van der Waals surface area contributed by atoms with E-state index in [1.54, 1.807) is 0 Å². The molecule has 2 heterocycles. The van der Waals surface area contributed by atoms with E-state index in [4.69, 9.17) is 0 Å². The van der Waals surface area contributed by atoms with Gasteiger partial charge in [-0.2, -0.15) is 0 Å². The Balaban J connectivity index is 1.45. The lowest BCUT2D eigenvalue weighted by Crippen LogP contribution is -2.32. The molecule has 21 heavy (non-hydrogen) atoms. The summed E-state index contributed by atoms with van der Waals surface area (Å²) in [5, 5.41) is 3.65. The van der Waals surface area contributed by atoms with Crippen molar-refractivity contribution in [3.63, 3.8) is 0 Å². The number of benzene rings is 1. The van der Waals surface area contributed by atoms with Crippen LogP contribution in [0.2, 0.25) is 0 Å². The molecule has 2 aromatic rings. The number of nitrogens with zero attached hydrogens (tertiary/aromatic N) is 2. The third-order valence-corrected chi connectivity index (χ3v) is 4.09. The van der Waals surface area contributed by atoms with Crippen LogP contribution >= 0.6 is 0 Å². The number of aromatic nitrogens is 1. The molecule has 1 fully saturated rings. The number of hydrogen-bond donors (Lipinski definition) is 1. The van der Waals surface area contributed by atoms with Crippen molar-refractivity contribution in [3.8, 4) is 0 Å². The van der Waals surface area contributed by atoms with Crippen LogP contribution in [-0.2, 0) is 13.1 Å². The Morgan fingerprint density at radius 3 is 2.76 bits per heavy atom. The second kappa shape index (κ2) is 6.83. The summed E-state index contributed by atoms with van der Waals surface area (Å²) in [5.41, 5.74) is 3.75. The van der Waals surface area contributed by atoms with Crippen LogP contribution in [0, 0.1) is 6.92 Å². The summed E-state index contributed by atoms with van der Waals surface area (Å²) in [5.74, 6) is 0. The highest BCUT2D eigenvalue weighted by molar-refractivity contribution is 5.15. The fourth-order valence-corrected chi connectivity index (χ4v) is 2.85. The van der Waals surface area contributed by atoms with Gasteiger partial charge in [-0.3, -0.25) is 9.88 Å². The second-order valence-corrected chi connectivity index (χ2v) is 5.90. The minimum Gasteiger partial charge on any atom is -0.309 e. The molecule has 1 saturated heterocycles. The molecule has 1 N–H and O–H groups in total. The summed E-state index contributed by atoms with van der Waals surface area (Å²) in [6, 6.07) is 15.6. The zero-order valence-electron chi connectivity index (χ0n) is 12.6. The summed E-state index contributed by atoms with van der Waals surface area (Å²) >= 11 is 0. The quantitative estimate of drug-likeness (QED) is 0.913. The van der Waals surface area contributed by atoms with Crippen LogP contribution in [0.1, 0.15) is 23.2 Å². The van der Waals surface area contributed by atoms with Crippen molar-refractivity contribution >= 4 is 0 Å². The zero-order valence-corrected chi connectivity index (χ0v) is 12.6. The molecule has 1 unspecified atom stereocenters. The predicted molar refractivity (Wildman–Crippen MR) is 85.9 cm³/mol. The molecule has 0 amide bonds. The van der Waals surface area contributed by atoms with E-state index >= 15 is 0 Å². The first-order chi connectivity index (χ1) is 10.3. The molecule has 0 aliphatic carbocycles. The third kappa shape index (κ3) is 4.13. The molecule has 0 bridgehead atoms. The lowest BCUT2D eigenvalue weighted by Gasteiger charge is -2.16. The minimum absolute atomic E-state index is 0.593. The number of nitrogens with one attached hydrogen (secondary N) is 1. The number of hydrogen-bond acceptors (Lipinski definition) is 3. The van der Waals surface area contributed by atoms with Gasteiger partial charge in [0, 0.05) is 44.1 Å². The molecule has 0 radical (unpaired) electrons. The highest BCUT2D eigenvalue weighted by Gasteiger charge is 2.21. The van der Waals surface area contributed by atoms with E-state index in [9.17, 15) is 0 Å². The molecule has 110 valence electrons. The third-order valence-electron chi connectivity index (χ3n) is 4.09. The molecule has 1 aliphatic rings. The normalized spacial score (nSPS) is 19.0. The number of rotatable bonds is 5. The largest absolute Gasteiger partial charge is 0.309 e. The van der Waals surface area contributed by atoms with E-state index in [-0.39, 0.29) is 0 Å². The molecule has 3 heteroatoms. The van der Waals surface area contributed by atoms with Crippen molar-refractivity contribution in [1.82, 2.24) is 15.2 Å². The number of likely N-dealkylation sites (tertiary alicyclic amines) is 1. The number of pyridine rings is 1. The van der Waals surface area contributed by atoms with Crippen molar-refractivity contribution < 1.29 is 0 Å². The molecule has 3 nitrogen and oxygen atoms in total. The molecule has 3 rings (SSSR count). The average molecular weight is 281 g/mol. The van der Waals surface area contributed by atoms with Crippen LogP contribution in [0.5, 0.6) is 0 Å². The van der Waals surface area contributed by atoms with Crippen LogP contribution in [0.3, 0.4) is 0 Å². The Morgan fingerprint density at radius 2 is 2.00 bits per heavy atom. The van der Waals surface area contributed by atoms with Gasteiger partial charge in [-0.1, -0.05) is 36.4 Å². The van der Waals surface area contributed by atoms with E-state index in [0.29, 0.717) is 6.04 Å². The number of aryl methyl sites for hydroxylation is 1. The molecule has 0 saturated carbocycles. The summed E-state index contributed by atoms with van der Waals surface area (Å²) in [6.07, 6.45) is 3.20. The molecule has 1 aliphatic heterocycles. The smallest absolute Gasteiger partial charge is 0.0372 e. The van der Waals surface area contributed by atoms with E-state index in [2.05, 4.69) is 57.7 Å². The summed E-state index contributed by atoms with van der Waals surface area (Å²) in [4.78, 5) is 6.87. The van der Waals surface area contributed by atoms with Crippen LogP contribution in [0.4, 0.5) is 0 Å². The van der Waals surface area contributed by atoms with Crippen LogP contribution in [0.15, 0.2) is 48.7 Å². The lowest BCUT2D eigenvalue weighted by atomic mass is 10.2. The van der Waals surface area contributed by atoms with E-state index in [1.807, 2.05) is 13.1 Å². The zero-order chi connectivity index (χ0) is 14.5. The van der Waals surface area contributed by atoms with Gasteiger partial charge >= 0.3 is 0 Å². The summed E-state index contributed by atoms with van der Waals surface area (Å²) < 4.78 is 0. The van der Waals surface area contributed by atoms with Crippen molar-refractivity contribution in [2.24, 2.45) is 0 Å². The topological polar surface area (TPSA) is 28.2 Å². The lowest BCUT2D eigenvalue weighted by molar-refractivity contribution is 0.320. The van der Waals surface area contributed by atoms with Crippen molar-refractivity contribution in [1.29, 1.82) is 0 Å². The van der Waals surface area contributed by atoms with Crippen molar-refractivity contribution in [2.45, 2.75) is 32.5 Å². The predicted octanol–water partition coefficient (Wildman–Crippen LogP) is 2.75. The minimum atomic E-state index is 0.593. The standard InChI is InChI=1S/C18H23N3/c1-15-7-8-17(11-19-15)12-20-18-9-10-21(14-18)13-16-5-3-2-4-6-16/h2-8,11,18,20H,9-10,12-14H2,1H3. The van der Waals surface area contributed by atoms with E-state index in [1.165, 1.54) is 24.1 Å².